The van der Waals surface area contributed by atoms with Crippen molar-refractivity contribution in [3.63, 3.8) is 0 Å². The Hall–Kier alpha value is -0.0700. The molecule has 1 unspecified atom stereocenters. The molecule has 0 saturated heterocycles. The van der Waals surface area contributed by atoms with E-state index in [1.807, 2.05) is 0 Å². The zero-order chi connectivity index (χ0) is 19.4. The van der Waals surface area contributed by atoms with Gasteiger partial charge in [0.05, 0.1) is 5.25 Å². The number of hydrogen-bond acceptors (Lipinski definition) is 4. The van der Waals surface area contributed by atoms with E-state index in [2.05, 4.69) is 32.0 Å². The fraction of sp³-hybridized carbons (Fsp3) is 0.714. The van der Waals surface area contributed by atoms with E-state index in [1.165, 1.54) is 45.4 Å². The van der Waals surface area contributed by atoms with E-state index in [9.17, 15) is 13.0 Å². The third-order valence-corrected chi connectivity index (χ3v) is 5.85. The molecule has 0 aliphatic rings. The summed E-state index contributed by atoms with van der Waals surface area (Å²) in [4.78, 5) is 0. The van der Waals surface area contributed by atoms with Crippen molar-refractivity contribution in [2.45, 2.75) is 90.2 Å². The van der Waals surface area contributed by atoms with Crippen molar-refractivity contribution in [3.05, 3.63) is 29.3 Å². The number of rotatable bonds is 14. The summed E-state index contributed by atoms with van der Waals surface area (Å²) in [6.45, 7) is 5.71. The zero-order valence-electron chi connectivity index (χ0n) is 17.6. The predicted molar refractivity (Wildman–Crippen MR) is 107 cm³/mol. The Labute approximate surface area is 188 Å². The largest absolute Gasteiger partial charge is 1.00 e. The molecule has 0 heterocycles. The van der Waals surface area contributed by atoms with Crippen molar-refractivity contribution in [2.75, 3.05) is 6.61 Å². The second kappa shape index (κ2) is 14.9. The first-order valence-corrected chi connectivity index (χ1v) is 11.6. The molecule has 0 amide bonds. The fourth-order valence-electron chi connectivity index (χ4n) is 2.99. The van der Waals surface area contributed by atoms with Crippen LogP contribution in [0.15, 0.2) is 18.2 Å². The summed E-state index contributed by atoms with van der Waals surface area (Å²) in [5.74, 6) is 0.802. The summed E-state index contributed by atoms with van der Waals surface area (Å²) in [6.07, 6.45) is 11.2. The van der Waals surface area contributed by atoms with Crippen LogP contribution in [0.2, 0.25) is 0 Å². The second-order valence-electron chi connectivity index (χ2n) is 7.14. The van der Waals surface area contributed by atoms with Crippen molar-refractivity contribution in [1.82, 2.24) is 0 Å². The van der Waals surface area contributed by atoms with Gasteiger partial charge in [0.15, 0.2) is 0 Å². The monoisotopic (exact) mass is 406 g/mol. The summed E-state index contributed by atoms with van der Waals surface area (Å²) >= 11 is 0. The third kappa shape index (κ3) is 10.9. The smallest absolute Gasteiger partial charge is 0.748 e. The van der Waals surface area contributed by atoms with E-state index in [0.717, 1.165) is 42.6 Å². The summed E-state index contributed by atoms with van der Waals surface area (Å²) in [7, 11) is -4.32. The van der Waals surface area contributed by atoms with Crippen molar-refractivity contribution < 1.29 is 47.3 Å². The summed E-state index contributed by atoms with van der Waals surface area (Å²) in [6, 6.07) is 6.19. The maximum absolute atomic E-state index is 11.2. The van der Waals surface area contributed by atoms with Crippen LogP contribution >= 0.6 is 0 Å². The van der Waals surface area contributed by atoms with Gasteiger partial charge in [0.25, 0.3) is 0 Å². The van der Waals surface area contributed by atoms with Gasteiger partial charge in [-0.1, -0.05) is 70.6 Å². The molecule has 1 rings (SSSR count). The van der Waals surface area contributed by atoms with E-state index >= 15 is 0 Å². The number of benzene rings is 1. The van der Waals surface area contributed by atoms with Gasteiger partial charge in [0, 0.05) is 0 Å². The van der Waals surface area contributed by atoms with Gasteiger partial charge in [-0.05, 0) is 43.7 Å². The Morgan fingerprint density at radius 3 is 1.81 bits per heavy atom. The number of aryl methyl sites for hydroxylation is 2. The van der Waals surface area contributed by atoms with Crippen molar-refractivity contribution >= 4 is 10.1 Å². The summed E-state index contributed by atoms with van der Waals surface area (Å²) in [5, 5.41) is -1.04. The average Bonchev–Trinajstić information content (AvgIpc) is 2.60. The molecule has 0 radical (unpaired) electrons. The molecule has 0 saturated carbocycles. The van der Waals surface area contributed by atoms with Gasteiger partial charge in [0.2, 0.25) is 0 Å². The van der Waals surface area contributed by atoms with Gasteiger partial charge >= 0.3 is 29.6 Å². The van der Waals surface area contributed by atoms with Crippen molar-refractivity contribution in [3.8, 4) is 5.75 Å². The van der Waals surface area contributed by atoms with Gasteiger partial charge < -0.3 is 9.29 Å². The van der Waals surface area contributed by atoms with Gasteiger partial charge in [-0.25, -0.2) is 8.42 Å². The maximum Gasteiger partial charge on any atom is 1.00 e. The molecule has 6 heteroatoms. The first kappa shape index (κ1) is 26.9. The molecule has 27 heavy (non-hydrogen) atoms. The molecule has 4 nitrogen and oxygen atoms in total. The van der Waals surface area contributed by atoms with Crippen LogP contribution in [-0.4, -0.2) is 24.8 Å². The second-order valence-corrected chi connectivity index (χ2v) is 8.93. The Balaban J connectivity index is 0.00000676. The number of hydrogen-bond donors (Lipinski definition) is 0. The summed E-state index contributed by atoms with van der Waals surface area (Å²) < 4.78 is 39.4. The molecule has 0 N–H and O–H groups in total. The van der Waals surface area contributed by atoms with Crippen molar-refractivity contribution in [1.29, 1.82) is 0 Å². The van der Waals surface area contributed by atoms with Gasteiger partial charge in [-0.3, -0.25) is 0 Å². The van der Waals surface area contributed by atoms with Crippen LogP contribution in [0.4, 0.5) is 0 Å². The Morgan fingerprint density at radius 2 is 1.41 bits per heavy atom. The van der Waals surface area contributed by atoms with E-state index in [1.54, 1.807) is 0 Å². The van der Waals surface area contributed by atoms with Crippen LogP contribution in [0.3, 0.4) is 0 Å². The fourth-order valence-corrected chi connectivity index (χ4v) is 3.22. The first-order valence-electron chi connectivity index (χ1n) is 10.1. The molecule has 1 aromatic carbocycles. The van der Waals surface area contributed by atoms with Gasteiger partial charge in [-0.2, -0.15) is 0 Å². The maximum atomic E-state index is 11.2. The standard InChI is InChI=1S/C21H36O4S.Na/c1-4-6-8-10-13-19-15-12-16-20(14-11-9-7-5-2)21(19)25-17-18(3)26(22,23)24;/h12,15-16,18H,4-11,13-14,17H2,1-3H3,(H,22,23,24);/q;+1/p-1. The minimum absolute atomic E-state index is 0. The number of para-hydroxylation sites is 1. The number of ether oxygens (including phenoxy) is 1. The normalized spacial score (nSPS) is 12.4. The molecule has 0 aromatic heterocycles. The number of unbranched alkanes of at least 4 members (excludes halogenated alkanes) is 6. The van der Waals surface area contributed by atoms with E-state index in [0.29, 0.717) is 0 Å². The molecule has 1 atom stereocenters. The minimum Gasteiger partial charge on any atom is -0.748 e. The molecule has 0 fully saturated rings. The van der Waals surface area contributed by atoms with Crippen molar-refractivity contribution in [2.24, 2.45) is 0 Å². The molecule has 1 aromatic rings. The van der Waals surface area contributed by atoms with E-state index < -0.39 is 15.4 Å². The van der Waals surface area contributed by atoms with Crippen LogP contribution in [0.1, 0.15) is 83.3 Å². The molecule has 0 bridgehead atoms. The van der Waals surface area contributed by atoms with Gasteiger partial charge in [0.1, 0.15) is 22.5 Å². The Morgan fingerprint density at radius 1 is 0.926 bits per heavy atom. The van der Waals surface area contributed by atoms with E-state index in [4.69, 9.17) is 4.74 Å². The zero-order valence-corrected chi connectivity index (χ0v) is 20.4. The van der Waals surface area contributed by atoms with Crippen LogP contribution in [0.5, 0.6) is 5.75 Å². The Kier molecular flexibility index (Phi) is 14.8. The summed E-state index contributed by atoms with van der Waals surface area (Å²) in [5.41, 5.74) is 2.26. The molecule has 0 aliphatic carbocycles. The molecule has 0 aliphatic heterocycles. The molecular weight excluding hydrogens is 371 g/mol. The first-order chi connectivity index (χ1) is 12.4. The van der Waals surface area contributed by atoms with Gasteiger partial charge in [-0.15, -0.1) is 0 Å². The molecule has 0 spiro atoms. The average molecular weight is 407 g/mol. The minimum atomic E-state index is -4.32. The molecule has 150 valence electrons. The molecular formula is C21H35NaO4S. The van der Waals surface area contributed by atoms with Crippen LogP contribution < -0.4 is 34.3 Å². The Bertz CT molecular complexity index is 586. The van der Waals surface area contributed by atoms with E-state index in [-0.39, 0.29) is 36.2 Å². The van der Waals surface area contributed by atoms with Crippen LogP contribution in [-0.2, 0) is 23.0 Å². The van der Waals surface area contributed by atoms with Crippen LogP contribution in [0.25, 0.3) is 0 Å². The predicted octanol–water partition coefficient (Wildman–Crippen LogP) is 2.25. The quantitative estimate of drug-likeness (QED) is 0.270. The SMILES string of the molecule is CCCCCCc1cccc(CCCCCC)c1OCC(C)S(=O)(=O)[O-].[Na+]. The van der Waals surface area contributed by atoms with Crippen LogP contribution in [0, 0.1) is 0 Å². The topological polar surface area (TPSA) is 66.4 Å². The third-order valence-electron chi connectivity index (χ3n) is 4.73.